The number of allylic oxidation sites excluding steroid dienone is 1. The van der Waals surface area contributed by atoms with Gasteiger partial charge in [-0.25, -0.2) is 0 Å². The third kappa shape index (κ3) is 8.91. The fourth-order valence-corrected chi connectivity index (χ4v) is 4.76. The molecule has 1 amide bonds. The molecule has 0 saturated carbocycles. The lowest BCUT2D eigenvalue weighted by Crippen LogP contribution is -2.62. The summed E-state index contributed by atoms with van der Waals surface area (Å²) in [6, 6.07) is -0.997. The van der Waals surface area contributed by atoms with E-state index >= 15 is 0 Å². The van der Waals surface area contributed by atoms with Crippen molar-refractivity contribution in [2.45, 2.75) is 115 Å². The highest BCUT2D eigenvalue weighted by Crippen LogP contribution is 2.38. The molecule has 0 bridgehead atoms. The van der Waals surface area contributed by atoms with Gasteiger partial charge < -0.3 is 56.5 Å². The number of ether oxygens (including phenoxy) is 3. The molecule has 0 spiro atoms. The van der Waals surface area contributed by atoms with Crippen LogP contribution < -0.4 is 16.8 Å². The van der Waals surface area contributed by atoms with Crippen LogP contribution in [0.5, 0.6) is 0 Å². The summed E-state index contributed by atoms with van der Waals surface area (Å²) in [5, 5.41) is 56.1. The maximum absolute atomic E-state index is 13.0. The van der Waals surface area contributed by atoms with Gasteiger partial charge in [0.25, 0.3) is 0 Å². The van der Waals surface area contributed by atoms with Gasteiger partial charge in [-0.2, -0.15) is 0 Å². The minimum absolute atomic E-state index is 0.000171. The van der Waals surface area contributed by atoms with Crippen LogP contribution in [0.1, 0.15) is 53.9 Å². The molecule has 2 fully saturated rings. The summed E-state index contributed by atoms with van der Waals surface area (Å²) in [5.74, 6) is -3.45. The van der Waals surface area contributed by atoms with Crippen molar-refractivity contribution in [3.8, 4) is 0 Å². The Balaban J connectivity index is 2.35. The van der Waals surface area contributed by atoms with Crippen LogP contribution in [-0.4, -0.2) is 105 Å². The van der Waals surface area contributed by atoms with Gasteiger partial charge >= 0.3 is 0 Å². The average Bonchev–Trinajstić information content (AvgIpc) is 2.82. The van der Waals surface area contributed by atoms with Gasteiger partial charge in [0.05, 0.1) is 48.6 Å². The molecule has 0 aliphatic carbocycles. The molecule has 12 nitrogen and oxygen atoms in total. The van der Waals surface area contributed by atoms with E-state index in [2.05, 4.69) is 5.32 Å². The number of aliphatic hydroxyl groups excluding tert-OH is 4. The zero-order valence-corrected chi connectivity index (χ0v) is 23.1. The lowest BCUT2D eigenvalue weighted by atomic mass is 9.81. The van der Waals surface area contributed by atoms with Crippen LogP contribution in [0.4, 0.5) is 0 Å². The molecule has 2 heterocycles. The number of rotatable bonds is 12. The van der Waals surface area contributed by atoms with E-state index in [0.717, 1.165) is 0 Å². The molecule has 222 valence electrons. The van der Waals surface area contributed by atoms with Crippen LogP contribution in [0.25, 0.3) is 0 Å². The Morgan fingerprint density at radius 2 is 1.84 bits per heavy atom. The largest absolute Gasteiger partial charge is 0.393 e. The van der Waals surface area contributed by atoms with E-state index in [1.165, 1.54) is 0 Å². The molecule has 12 heteroatoms. The predicted molar refractivity (Wildman–Crippen MR) is 139 cm³/mol. The summed E-state index contributed by atoms with van der Waals surface area (Å²) in [7, 11) is 0. The maximum atomic E-state index is 13.0. The number of hydrogen-bond donors (Lipinski definition) is 8. The van der Waals surface area contributed by atoms with Gasteiger partial charge in [-0.3, -0.25) is 4.79 Å². The molecule has 2 aliphatic rings. The first kappa shape index (κ1) is 33.0. The van der Waals surface area contributed by atoms with E-state index < -0.39 is 72.7 Å². The van der Waals surface area contributed by atoms with Gasteiger partial charge in [-0.1, -0.05) is 39.8 Å². The van der Waals surface area contributed by atoms with Crippen molar-refractivity contribution < 1.29 is 44.5 Å². The van der Waals surface area contributed by atoms with Crippen LogP contribution in [0.15, 0.2) is 12.2 Å². The number of nitrogens with one attached hydrogen (secondary N) is 1. The highest BCUT2D eigenvalue weighted by molar-refractivity contribution is 5.80. The SMILES string of the molecule is CC(C)/C=C/[C@@H](C[C@@H]1O[C@](O)(C[C@@H](O)C(C)C)C[C@H](O)C1C(=O)NCCN)OC1OC(C)C(O)C(N)C1O. The fraction of sp³-hybridized carbons (Fsp3) is 0.885. The van der Waals surface area contributed by atoms with Crippen LogP contribution in [0.2, 0.25) is 0 Å². The topological polar surface area (TPSA) is 210 Å². The minimum atomic E-state index is -1.88. The van der Waals surface area contributed by atoms with E-state index in [1.54, 1.807) is 26.8 Å². The third-order valence-electron chi connectivity index (χ3n) is 7.14. The van der Waals surface area contributed by atoms with Crippen LogP contribution in [0, 0.1) is 17.8 Å². The molecular weight excluding hydrogens is 498 g/mol. The molecule has 0 aromatic carbocycles. The van der Waals surface area contributed by atoms with Gasteiger partial charge in [0, 0.05) is 32.4 Å². The smallest absolute Gasteiger partial charge is 0.228 e. The molecule has 11 atom stereocenters. The van der Waals surface area contributed by atoms with E-state index in [4.69, 9.17) is 25.7 Å². The summed E-state index contributed by atoms with van der Waals surface area (Å²) < 4.78 is 17.8. The van der Waals surface area contributed by atoms with Crippen molar-refractivity contribution in [2.24, 2.45) is 29.2 Å². The number of hydrogen-bond acceptors (Lipinski definition) is 11. The normalized spacial score (nSPS) is 38.1. The summed E-state index contributed by atoms with van der Waals surface area (Å²) >= 11 is 0. The Bertz CT molecular complexity index is 770. The molecule has 2 aliphatic heterocycles. The van der Waals surface area contributed by atoms with Crippen molar-refractivity contribution in [3.63, 3.8) is 0 Å². The standard InChI is InChI=1S/C26H49N3O9/c1-13(2)6-7-16(37-25-23(33)21(28)22(32)15(5)36-25)10-19-20(24(34)29-9-8-27)18(31)12-26(35,38-19)11-17(30)14(3)4/h6-7,13-23,25,30-33,35H,8-12,27-28H2,1-5H3,(H,29,34)/b7-6+/t15?,16-,17+,18-,19-,20?,21?,22?,23?,25?,26+/m0/s1. The number of carbonyl (C=O) groups is 1. The summed E-state index contributed by atoms with van der Waals surface area (Å²) in [5.41, 5.74) is 11.5. The lowest BCUT2D eigenvalue weighted by Gasteiger charge is -2.46. The van der Waals surface area contributed by atoms with E-state index in [9.17, 15) is 30.3 Å². The zero-order valence-electron chi connectivity index (χ0n) is 23.1. The number of amides is 1. The first-order valence-corrected chi connectivity index (χ1v) is 13.5. The van der Waals surface area contributed by atoms with Gasteiger partial charge in [0.2, 0.25) is 5.91 Å². The van der Waals surface area contributed by atoms with E-state index in [-0.39, 0.29) is 44.2 Å². The van der Waals surface area contributed by atoms with Gasteiger partial charge in [-0.15, -0.1) is 0 Å². The average molecular weight is 548 g/mol. The Morgan fingerprint density at radius 1 is 1.18 bits per heavy atom. The Hall–Kier alpha value is -1.19. The molecule has 0 aromatic rings. The third-order valence-corrected chi connectivity index (χ3v) is 7.14. The second kappa shape index (κ2) is 14.4. The second-order valence-electron chi connectivity index (χ2n) is 11.3. The molecule has 0 radical (unpaired) electrons. The highest BCUT2D eigenvalue weighted by Gasteiger charge is 2.50. The van der Waals surface area contributed by atoms with Gasteiger partial charge in [-0.05, 0) is 18.8 Å². The highest BCUT2D eigenvalue weighted by atomic mass is 16.7. The number of nitrogens with two attached hydrogens (primary N) is 2. The Kier molecular flexibility index (Phi) is 12.6. The van der Waals surface area contributed by atoms with Crippen molar-refractivity contribution in [2.75, 3.05) is 13.1 Å². The van der Waals surface area contributed by atoms with Gasteiger partial charge in [0.1, 0.15) is 6.10 Å². The zero-order chi connectivity index (χ0) is 28.8. The van der Waals surface area contributed by atoms with Crippen molar-refractivity contribution in [1.29, 1.82) is 0 Å². The molecule has 38 heavy (non-hydrogen) atoms. The minimum Gasteiger partial charge on any atom is -0.393 e. The molecule has 2 saturated heterocycles. The van der Waals surface area contributed by atoms with E-state index in [0.29, 0.717) is 0 Å². The number of aliphatic hydroxyl groups is 5. The van der Waals surface area contributed by atoms with Crippen LogP contribution in [0.3, 0.4) is 0 Å². The molecule has 0 aromatic heterocycles. The Morgan fingerprint density at radius 3 is 2.42 bits per heavy atom. The Labute approximate surface area is 225 Å². The maximum Gasteiger partial charge on any atom is 0.228 e. The number of carbonyl (C=O) groups excluding carboxylic acids is 1. The fourth-order valence-electron chi connectivity index (χ4n) is 4.76. The van der Waals surface area contributed by atoms with Gasteiger partial charge in [0.15, 0.2) is 12.1 Å². The molecule has 6 unspecified atom stereocenters. The summed E-state index contributed by atoms with van der Waals surface area (Å²) in [6.07, 6.45) is -5.07. The lowest BCUT2D eigenvalue weighted by molar-refractivity contribution is -0.307. The molecule has 10 N–H and O–H groups in total. The van der Waals surface area contributed by atoms with Crippen molar-refractivity contribution in [1.82, 2.24) is 5.32 Å². The van der Waals surface area contributed by atoms with Crippen LogP contribution in [-0.2, 0) is 19.0 Å². The van der Waals surface area contributed by atoms with Crippen molar-refractivity contribution >= 4 is 5.91 Å². The quantitative estimate of drug-likeness (QED) is 0.135. The monoisotopic (exact) mass is 547 g/mol. The summed E-state index contributed by atoms with van der Waals surface area (Å²) in [6.45, 7) is 9.53. The summed E-state index contributed by atoms with van der Waals surface area (Å²) in [4.78, 5) is 13.0. The van der Waals surface area contributed by atoms with Crippen LogP contribution >= 0.6 is 0 Å². The molecule has 2 rings (SSSR count). The predicted octanol–water partition coefficient (Wildman–Crippen LogP) is -1.30. The molecular formula is C26H49N3O9. The second-order valence-corrected chi connectivity index (χ2v) is 11.3. The first-order chi connectivity index (χ1) is 17.7. The van der Waals surface area contributed by atoms with Crippen molar-refractivity contribution in [3.05, 3.63) is 12.2 Å². The first-order valence-electron chi connectivity index (χ1n) is 13.5. The van der Waals surface area contributed by atoms with E-state index in [1.807, 2.05) is 19.9 Å².